The van der Waals surface area contributed by atoms with Crippen LogP contribution >= 0.6 is 11.3 Å². The average molecular weight is 1150 g/mol. The van der Waals surface area contributed by atoms with Crippen molar-refractivity contribution < 1.29 is 29.1 Å². The lowest BCUT2D eigenvalue weighted by Crippen LogP contribution is -2.64. The van der Waals surface area contributed by atoms with Crippen LogP contribution in [0.5, 0.6) is 5.75 Å². The summed E-state index contributed by atoms with van der Waals surface area (Å²) in [5.41, 5.74) is 13.7. The van der Waals surface area contributed by atoms with Gasteiger partial charge in [-0.15, -0.1) is 21.5 Å². The number of nitrogens with two attached hydrogens (primary N) is 1. The molecule has 12 rings (SSSR count). The van der Waals surface area contributed by atoms with E-state index in [1.807, 2.05) is 75.7 Å². The van der Waals surface area contributed by atoms with Crippen LogP contribution in [-0.2, 0) is 14.3 Å². The number of fused-ring (bicyclic) bond motifs is 2. The zero-order valence-electron chi connectivity index (χ0n) is 49.6. The van der Waals surface area contributed by atoms with Gasteiger partial charge in [0.25, 0.3) is 0 Å². The molecule has 5 N–H and O–H groups in total. The van der Waals surface area contributed by atoms with Gasteiger partial charge >= 0.3 is 0 Å². The summed E-state index contributed by atoms with van der Waals surface area (Å²) in [6.45, 7) is 22.3. The van der Waals surface area contributed by atoms with E-state index < -0.39 is 18.1 Å². The number of aromatic nitrogens is 4. The molecule has 18 nitrogen and oxygen atoms in total. The molecular formula is C64H88N12O6S. The van der Waals surface area contributed by atoms with Crippen LogP contribution in [0.25, 0.3) is 21.7 Å². The highest BCUT2D eigenvalue weighted by Crippen LogP contribution is 2.46. The first-order valence-electron chi connectivity index (χ1n) is 31.1. The number of thiazole rings is 1. The minimum atomic E-state index is -0.794. The number of aryl methyl sites for hydroxylation is 1. The number of anilines is 3. The number of phenols is 1. The third kappa shape index (κ3) is 12.1. The Kier molecular flexibility index (Phi) is 16.9. The Bertz CT molecular complexity index is 3020. The van der Waals surface area contributed by atoms with E-state index in [9.17, 15) is 19.8 Å². The predicted octanol–water partition coefficient (Wildman–Crippen LogP) is 8.50. The van der Waals surface area contributed by atoms with Gasteiger partial charge in [0.15, 0.2) is 17.4 Å². The summed E-state index contributed by atoms with van der Waals surface area (Å²) in [5.74, 6) is 1.91. The molecule has 1 saturated carbocycles. The number of likely N-dealkylation sites (tertiary alicyclic amines) is 3. The summed E-state index contributed by atoms with van der Waals surface area (Å²) < 4.78 is 12.8. The molecule has 2 bridgehead atoms. The van der Waals surface area contributed by atoms with Crippen molar-refractivity contribution in [2.45, 2.75) is 172 Å². The molecule has 7 fully saturated rings. The van der Waals surface area contributed by atoms with Gasteiger partial charge in [0.2, 0.25) is 11.8 Å². The number of phenolic OH excluding ortho intramolecular Hbond substituents is 1. The maximum atomic E-state index is 14.4. The Balaban J connectivity index is 0.551. The summed E-state index contributed by atoms with van der Waals surface area (Å²) in [6.07, 6.45) is 11.7. The monoisotopic (exact) mass is 1150 g/mol. The maximum absolute atomic E-state index is 14.4. The number of aromatic hydroxyl groups is 1. The van der Waals surface area contributed by atoms with Gasteiger partial charge in [0.1, 0.15) is 17.7 Å². The Morgan fingerprint density at radius 1 is 0.831 bits per heavy atom. The van der Waals surface area contributed by atoms with Crippen LogP contribution in [0, 0.1) is 24.7 Å². The van der Waals surface area contributed by atoms with Crippen molar-refractivity contribution in [1.82, 2.24) is 45.3 Å². The molecule has 2 amide bonds. The van der Waals surface area contributed by atoms with Gasteiger partial charge in [-0.05, 0) is 152 Å². The van der Waals surface area contributed by atoms with Crippen LogP contribution in [0.2, 0.25) is 0 Å². The first-order valence-corrected chi connectivity index (χ1v) is 32.0. The highest BCUT2D eigenvalue weighted by Gasteiger charge is 2.51. The fourth-order valence-electron chi connectivity index (χ4n) is 15.5. The summed E-state index contributed by atoms with van der Waals surface area (Å²) in [6, 6.07) is 19.8. The lowest BCUT2D eigenvalue weighted by Gasteiger charge is -2.55. The molecule has 0 radical (unpaired) electrons. The van der Waals surface area contributed by atoms with Gasteiger partial charge in [-0.25, -0.2) is 4.98 Å². The summed E-state index contributed by atoms with van der Waals surface area (Å²) in [7, 11) is 0. The first-order chi connectivity index (χ1) is 40.0. The van der Waals surface area contributed by atoms with E-state index in [4.69, 9.17) is 15.0 Å². The number of piperidine rings is 3. The standard InChI is InChI=1S/C64H88N12O6S/c1-39(2)59(63(80)75-37-49(77)31-55(75)62(79)67-40(3)43-11-13-44(14-12-43)60-41(4)66-38-83-60)57-33-58(70-82-57)73-25-17-42(18-26-73)34-71-23-21-50(22-24-71)81-51-29-48(30-51)72-27-19-45(20-28-72)64(5,6)76-46-15-16-47(76)36-74(35-46)54-32-53(68-69-61(54)65)52-9-7-8-10-56(52)78/h7-14,32-33,38-40,42,45-51,55,59,77-78H,15-31,34-37H2,1-6H3,(H2,65,69)(H,67,79)/t40-,46?,47?,48-,49+,51-,55-,59+/m0/s1. The van der Waals surface area contributed by atoms with Gasteiger partial charge in [-0.3, -0.25) is 14.5 Å². The molecule has 446 valence electrons. The number of carbonyl (C=O) groups is 2. The van der Waals surface area contributed by atoms with Gasteiger partial charge in [-0.2, -0.15) is 0 Å². The molecule has 2 unspecified atom stereocenters. The fourth-order valence-corrected chi connectivity index (χ4v) is 16.3. The number of hydrogen-bond acceptors (Lipinski definition) is 17. The minimum Gasteiger partial charge on any atom is -0.507 e. The number of hydrogen-bond donors (Lipinski definition) is 4. The molecule has 83 heavy (non-hydrogen) atoms. The third-order valence-corrected chi connectivity index (χ3v) is 21.3. The quantitative estimate of drug-likeness (QED) is 0.0689. The second-order valence-electron chi connectivity index (χ2n) is 26.3. The molecule has 19 heteroatoms. The van der Waals surface area contributed by atoms with Crippen molar-refractivity contribution in [3.05, 3.63) is 83.2 Å². The van der Waals surface area contributed by atoms with Crippen molar-refractivity contribution in [3.8, 4) is 27.4 Å². The molecule has 3 aromatic heterocycles. The van der Waals surface area contributed by atoms with Gasteiger partial charge in [-0.1, -0.05) is 55.4 Å². The van der Waals surface area contributed by atoms with E-state index >= 15 is 0 Å². The second-order valence-corrected chi connectivity index (χ2v) is 27.2. The first kappa shape index (κ1) is 57.7. The molecule has 2 aromatic carbocycles. The fraction of sp³-hybridized carbons (Fsp3) is 0.625. The predicted molar refractivity (Wildman–Crippen MR) is 324 cm³/mol. The summed E-state index contributed by atoms with van der Waals surface area (Å²) in [4.78, 5) is 48.3. The molecule has 1 aliphatic carbocycles. The van der Waals surface area contributed by atoms with Crippen LogP contribution in [0.4, 0.5) is 17.3 Å². The number of benzene rings is 2. The van der Waals surface area contributed by atoms with E-state index in [0.29, 0.717) is 65.0 Å². The molecular weight excluding hydrogens is 1060 g/mol. The molecule has 6 atom stereocenters. The average Bonchev–Trinajstić information content (AvgIpc) is 4.14. The van der Waals surface area contributed by atoms with Crippen molar-refractivity contribution in [1.29, 1.82) is 0 Å². The number of ether oxygens (including phenoxy) is 1. The van der Waals surface area contributed by atoms with E-state index in [1.165, 1.54) is 38.8 Å². The number of aliphatic hydroxyl groups excluding tert-OH is 1. The molecule has 9 heterocycles. The van der Waals surface area contributed by atoms with Crippen LogP contribution in [0.3, 0.4) is 0 Å². The number of nitrogen functional groups attached to an aromatic ring is 1. The zero-order chi connectivity index (χ0) is 57.7. The number of rotatable bonds is 17. The van der Waals surface area contributed by atoms with Crippen molar-refractivity contribution in [2.24, 2.45) is 17.8 Å². The number of nitrogens with one attached hydrogen (secondary N) is 1. The normalized spacial score (nSPS) is 26.2. The zero-order valence-corrected chi connectivity index (χ0v) is 50.4. The van der Waals surface area contributed by atoms with E-state index in [-0.39, 0.29) is 48.0 Å². The molecule has 6 aliphatic heterocycles. The topological polar surface area (TPSA) is 206 Å². The summed E-state index contributed by atoms with van der Waals surface area (Å²) >= 11 is 1.61. The number of nitrogens with zero attached hydrogens (tertiary/aromatic N) is 10. The van der Waals surface area contributed by atoms with Gasteiger partial charge in [0.05, 0.1) is 51.8 Å². The lowest BCUT2D eigenvalue weighted by atomic mass is 9.76. The largest absolute Gasteiger partial charge is 0.507 e. The number of para-hydroxylation sites is 1. The Labute approximate surface area is 494 Å². The minimum absolute atomic E-state index is 0.0940. The van der Waals surface area contributed by atoms with Crippen LogP contribution < -0.4 is 20.9 Å². The molecule has 7 aliphatic rings. The third-order valence-electron chi connectivity index (χ3n) is 20.4. The Morgan fingerprint density at radius 2 is 1.54 bits per heavy atom. The number of carbonyl (C=O) groups excluding carboxylic acids is 2. The Morgan fingerprint density at radius 3 is 2.22 bits per heavy atom. The van der Waals surface area contributed by atoms with Crippen LogP contribution in [0.15, 0.2) is 70.7 Å². The lowest BCUT2D eigenvalue weighted by molar-refractivity contribution is -0.141. The SMILES string of the molecule is Cc1ncsc1-c1ccc([C@H](C)NC(=O)[C@@H]2C[C@@H](O)CN2C(=O)[C@@H](c2cc(N3CCC(CN4CCC(O[C@H]5C[C@H](N6CCC(C(C)(C)N7C8CCC7CN(c7cc(-c9ccccc9O)nnc7N)C8)CC6)C5)CC4)CC3)no2)C(C)C)cc1. The van der Waals surface area contributed by atoms with Crippen LogP contribution in [-0.4, -0.2) is 175 Å². The van der Waals surface area contributed by atoms with Gasteiger partial charge in [0, 0.05) is 94.1 Å². The smallest absolute Gasteiger partial charge is 0.243 e. The van der Waals surface area contributed by atoms with Crippen molar-refractivity contribution in [2.75, 3.05) is 81.0 Å². The Hall–Kier alpha value is -5.70. The number of aliphatic hydroxyl groups is 1. The maximum Gasteiger partial charge on any atom is 0.243 e. The summed E-state index contributed by atoms with van der Waals surface area (Å²) in [5, 5.41) is 37.7. The molecule has 6 saturated heterocycles. The second kappa shape index (κ2) is 24.3. The highest BCUT2D eigenvalue weighted by atomic mass is 32.1. The van der Waals surface area contributed by atoms with E-state index in [1.54, 1.807) is 22.3 Å². The van der Waals surface area contributed by atoms with Crippen LogP contribution in [0.1, 0.15) is 134 Å². The number of piperazine rings is 1. The number of amides is 2. The number of β-amino-alcohol motifs (C(OH)–C–C–N with tert-alkyl or cyclic N) is 1. The molecule has 5 aromatic rings. The van der Waals surface area contributed by atoms with Crippen molar-refractivity contribution in [3.63, 3.8) is 0 Å². The van der Waals surface area contributed by atoms with E-state index in [2.05, 4.69) is 76.1 Å². The molecule has 0 spiro atoms. The highest BCUT2D eigenvalue weighted by molar-refractivity contribution is 7.13. The van der Waals surface area contributed by atoms with E-state index in [0.717, 1.165) is 118 Å². The van der Waals surface area contributed by atoms with Crippen molar-refractivity contribution >= 4 is 40.5 Å². The van der Waals surface area contributed by atoms with Gasteiger partial charge < -0.3 is 55.0 Å².